The van der Waals surface area contributed by atoms with Crippen molar-refractivity contribution in [3.05, 3.63) is 24.3 Å². The standard InChI is InChI=1S/C10H18O/c1-3-4-5-6-7-10(2)8-9-11/h3,8,11H,1,4-7,9H2,2H3. The first-order chi connectivity index (χ1) is 5.31. The molecule has 0 aliphatic rings. The molecule has 0 spiro atoms. The van der Waals surface area contributed by atoms with Gasteiger partial charge in [-0.2, -0.15) is 0 Å². The minimum atomic E-state index is 0.174. The molecule has 0 aliphatic carbocycles. The van der Waals surface area contributed by atoms with Gasteiger partial charge in [0.2, 0.25) is 0 Å². The van der Waals surface area contributed by atoms with Crippen molar-refractivity contribution >= 4 is 0 Å². The molecule has 0 atom stereocenters. The van der Waals surface area contributed by atoms with Crippen LogP contribution in [-0.4, -0.2) is 11.7 Å². The van der Waals surface area contributed by atoms with E-state index in [1.165, 1.54) is 18.4 Å². The molecule has 1 N–H and O–H groups in total. The van der Waals surface area contributed by atoms with Crippen LogP contribution in [0, 0.1) is 0 Å². The molecular weight excluding hydrogens is 136 g/mol. The Labute approximate surface area is 69.4 Å². The van der Waals surface area contributed by atoms with Crippen LogP contribution in [-0.2, 0) is 0 Å². The van der Waals surface area contributed by atoms with Gasteiger partial charge in [0.05, 0.1) is 6.61 Å². The molecule has 1 heteroatoms. The fraction of sp³-hybridized carbons (Fsp3) is 0.600. The predicted molar refractivity (Wildman–Crippen MR) is 49.5 cm³/mol. The predicted octanol–water partition coefficient (Wildman–Crippen LogP) is 2.67. The zero-order valence-electron chi connectivity index (χ0n) is 7.34. The van der Waals surface area contributed by atoms with Gasteiger partial charge < -0.3 is 5.11 Å². The van der Waals surface area contributed by atoms with Gasteiger partial charge in [-0.1, -0.05) is 17.7 Å². The highest BCUT2D eigenvalue weighted by Crippen LogP contribution is 2.07. The number of aliphatic hydroxyl groups is 1. The average Bonchev–Trinajstić information content (AvgIpc) is 1.99. The minimum Gasteiger partial charge on any atom is -0.392 e. The zero-order chi connectivity index (χ0) is 8.53. The topological polar surface area (TPSA) is 20.2 Å². The molecule has 11 heavy (non-hydrogen) atoms. The zero-order valence-corrected chi connectivity index (χ0v) is 7.34. The monoisotopic (exact) mass is 154 g/mol. The Bertz CT molecular complexity index is 125. The second-order valence-corrected chi connectivity index (χ2v) is 2.77. The van der Waals surface area contributed by atoms with Gasteiger partial charge >= 0.3 is 0 Å². The van der Waals surface area contributed by atoms with Crippen LogP contribution in [0.1, 0.15) is 32.6 Å². The second kappa shape index (κ2) is 7.55. The molecule has 0 saturated carbocycles. The third-order valence-corrected chi connectivity index (χ3v) is 1.67. The number of hydrogen-bond donors (Lipinski definition) is 1. The third-order valence-electron chi connectivity index (χ3n) is 1.67. The summed E-state index contributed by atoms with van der Waals surface area (Å²) in [6.45, 7) is 5.89. The summed E-state index contributed by atoms with van der Waals surface area (Å²) in [4.78, 5) is 0. The number of rotatable bonds is 6. The van der Waals surface area contributed by atoms with Crippen LogP contribution in [0.2, 0.25) is 0 Å². The molecule has 0 amide bonds. The highest BCUT2D eigenvalue weighted by molar-refractivity contribution is 4.97. The van der Waals surface area contributed by atoms with Crippen LogP contribution in [0.4, 0.5) is 0 Å². The molecule has 0 radical (unpaired) electrons. The van der Waals surface area contributed by atoms with E-state index in [9.17, 15) is 0 Å². The summed E-state index contributed by atoms with van der Waals surface area (Å²) < 4.78 is 0. The molecule has 0 aromatic rings. The van der Waals surface area contributed by atoms with Crippen molar-refractivity contribution in [2.45, 2.75) is 32.6 Å². The fourth-order valence-corrected chi connectivity index (χ4v) is 0.950. The van der Waals surface area contributed by atoms with E-state index in [0.29, 0.717) is 0 Å². The Morgan fingerprint density at radius 1 is 1.45 bits per heavy atom. The molecule has 0 unspecified atom stereocenters. The summed E-state index contributed by atoms with van der Waals surface area (Å²) in [7, 11) is 0. The molecule has 0 aromatic carbocycles. The molecule has 0 aromatic heterocycles. The molecule has 0 fully saturated rings. The second-order valence-electron chi connectivity index (χ2n) is 2.77. The molecule has 64 valence electrons. The Hall–Kier alpha value is -0.560. The van der Waals surface area contributed by atoms with Crippen LogP contribution >= 0.6 is 0 Å². The normalized spacial score (nSPS) is 11.6. The smallest absolute Gasteiger partial charge is 0.0614 e. The number of hydrogen-bond acceptors (Lipinski definition) is 1. The van der Waals surface area contributed by atoms with Crippen LogP contribution < -0.4 is 0 Å². The Morgan fingerprint density at radius 3 is 2.73 bits per heavy atom. The maximum atomic E-state index is 8.55. The van der Waals surface area contributed by atoms with Crippen molar-refractivity contribution in [3.8, 4) is 0 Å². The highest BCUT2D eigenvalue weighted by Gasteiger charge is 1.88. The number of aliphatic hydroxyl groups excluding tert-OH is 1. The van der Waals surface area contributed by atoms with Crippen molar-refractivity contribution in [1.82, 2.24) is 0 Å². The van der Waals surface area contributed by atoms with Crippen molar-refractivity contribution in [1.29, 1.82) is 0 Å². The van der Waals surface area contributed by atoms with Gasteiger partial charge in [0.15, 0.2) is 0 Å². The Kier molecular flexibility index (Phi) is 7.16. The van der Waals surface area contributed by atoms with Crippen molar-refractivity contribution in [2.75, 3.05) is 6.61 Å². The van der Waals surface area contributed by atoms with E-state index in [-0.39, 0.29) is 6.61 Å². The molecule has 0 heterocycles. The molecule has 1 nitrogen and oxygen atoms in total. The lowest BCUT2D eigenvalue weighted by molar-refractivity contribution is 0.341. The summed E-state index contributed by atoms with van der Waals surface area (Å²) in [6, 6.07) is 0. The van der Waals surface area contributed by atoms with Crippen LogP contribution in [0.25, 0.3) is 0 Å². The minimum absolute atomic E-state index is 0.174. The lowest BCUT2D eigenvalue weighted by atomic mass is 10.1. The summed E-state index contributed by atoms with van der Waals surface area (Å²) in [5, 5.41) is 8.55. The maximum absolute atomic E-state index is 8.55. The van der Waals surface area contributed by atoms with Gasteiger partial charge in [-0.05, 0) is 32.6 Å². The van der Waals surface area contributed by atoms with Gasteiger partial charge in [-0.15, -0.1) is 6.58 Å². The van der Waals surface area contributed by atoms with Gasteiger partial charge in [0, 0.05) is 0 Å². The van der Waals surface area contributed by atoms with Gasteiger partial charge in [0.25, 0.3) is 0 Å². The number of unbranched alkanes of at least 4 members (excludes halogenated alkanes) is 2. The van der Waals surface area contributed by atoms with E-state index in [4.69, 9.17) is 5.11 Å². The lowest BCUT2D eigenvalue weighted by Gasteiger charge is -1.98. The SMILES string of the molecule is C=CCCCCC(C)=CCO. The van der Waals surface area contributed by atoms with Crippen LogP contribution in [0.3, 0.4) is 0 Å². The number of allylic oxidation sites excluding steroid dienone is 2. The van der Waals surface area contributed by atoms with Gasteiger partial charge in [-0.3, -0.25) is 0 Å². The molecule has 0 rings (SSSR count). The van der Waals surface area contributed by atoms with E-state index in [1.54, 1.807) is 0 Å². The quantitative estimate of drug-likeness (QED) is 0.460. The first-order valence-corrected chi connectivity index (χ1v) is 4.18. The Balaban J connectivity index is 3.23. The van der Waals surface area contributed by atoms with E-state index in [1.807, 2.05) is 12.2 Å². The Morgan fingerprint density at radius 2 is 2.18 bits per heavy atom. The first kappa shape index (κ1) is 10.4. The molecule has 0 aliphatic heterocycles. The van der Waals surface area contributed by atoms with Crippen LogP contribution in [0.5, 0.6) is 0 Å². The molecular formula is C10H18O. The van der Waals surface area contributed by atoms with E-state index in [2.05, 4.69) is 13.5 Å². The van der Waals surface area contributed by atoms with Gasteiger partial charge in [-0.25, -0.2) is 0 Å². The van der Waals surface area contributed by atoms with E-state index in [0.717, 1.165) is 12.8 Å². The van der Waals surface area contributed by atoms with Crippen molar-refractivity contribution < 1.29 is 5.11 Å². The molecule has 0 saturated heterocycles. The van der Waals surface area contributed by atoms with E-state index < -0.39 is 0 Å². The van der Waals surface area contributed by atoms with Gasteiger partial charge in [0.1, 0.15) is 0 Å². The van der Waals surface area contributed by atoms with E-state index >= 15 is 0 Å². The third kappa shape index (κ3) is 7.34. The maximum Gasteiger partial charge on any atom is 0.0614 e. The lowest BCUT2D eigenvalue weighted by Crippen LogP contribution is -1.81. The average molecular weight is 154 g/mol. The summed E-state index contributed by atoms with van der Waals surface area (Å²) in [5.74, 6) is 0. The first-order valence-electron chi connectivity index (χ1n) is 4.18. The summed E-state index contributed by atoms with van der Waals surface area (Å²) in [5.41, 5.74) is 1.29. The van der Waals surface area contributed by atoms with Crippen LogP contribution in [0.15, 0.2) is 24.3 Å². The largest absolute Gasteiger partial charge is 0.392 e. The fourth-order valence-electron chi connectivity index (χ4n) is 0.950. The summed E-state index contributed by atoms with van der Waals surface area (Å²) >= 11 is 0. The van der Waals surface area contributed by atoms with Crippen molar-refractivity contribution in [3.63, 3.8) is 0 Å². The van der Waals surface area contributed by atoms with Crippen molar-refractivity contribution in [2.24, 2.45) is 0 Å². The molecule has 0 bridgehead atoms. The summed E-state index contributed by atoms with van der Waals surface area (Å²) in [6.07, 6.45) is 8.44. The highest BCUT2D eigenvalue weighted by atomic mass is 16.2.